The van der Waals surface area contributed by atoms with E-state index in [1.165, 1.54) is 6.33 Å². The number of aromatic nitrogens is 2. The summed E-state index contributed by atoms with van der Waals surface area (Å²) in [6, 6.07) is 9.23. The Morgan fingerprint density at radius 1 is 1.25 bits per heavy atom. The Morgan fingerprint density at radius 2 is 2.12 bits per heavy atom. The van der Waals surface area contributed by atoms with Crippen molar-refractivity contribution in [3.05, 3.63) is 52.9 Å². The number of nitrogens with one attached hydrogen (secondary N) is 2. The Morgan fingerprint density at radius 3 is 2.92 bits per heavy atom. The fourth-order valence-corrected chi connectivity index (χ4v) is 2.33. The third-order valence-electron chi connectivity index (χ3n) is 3.32. The second-order valence-corrected chi connectivity index (χ2v) is 5.63. The summed E-state index contributed by atoms with van der Waals surface area (Å²) in [5.74, 6) is 0.403. The molecule has 7 heteroatoms. The van der Waals surface area contributed by atoms with E-state index in [1.807, 2.05) is 24.3 Å². The molecular weight excluding hydrogens is 328 g/mol. The molecule has 0 fully saturated rings. The third kappa shape index (κ3) is 6.14. The molecule has 0 aliphatic carbocycles. The number of anilines is 1. The molecule has 128 valence electrons. The van der Waals surface area contributed by atoms with Crippen LogP contribution in [0.5, 0.6) is 0 Å². The second kappa shape index (κ2) is 9.85. The zero-order chi connectivity index (χ0) is 17.2. The summed E-state index contributed by atoms with van der Waals surface area (Å²) in [4.78, 5) is 20.3. The normalized spacial score (nSPS) is 10.4. The maximum atomic E-state index is 12.2. The molecular formula is C17H21ClN4O2. The van der Waals surface area contributed by atoms with Crippen molar-refractivity contribution < 1.29 is 9.53 Å². The van der Waals surface area contributed by atoms with Crippen molar-refractivity contribution in [3.8, 4) is 0 Å². The zero-order valence-corrected chi connectivity index (χ0v) is 14.3. The van der Waals surface area contributed by atoms with Gasteiger partial charge in [0.05, 0.1) is 0 Å². The van der Waals surface area contributed by atoms with Gasteiger partial charge in [-0.15, -0.1) is 0 Å². The number of halogens is 1. The van der Waals surface area contributed by atoms with Gasteiger partial charge in [-0.25, -0.2) is 9.97 Å². The molecule has 2 rings (SSSR count). The van der Waals surface area contributed by atoms with E-state index in [0.29, 0.717) is 36.1 Å². The van der Waals surface area contributed by atoms with Crippen LogP contribution < -0.4 is 10.6 Å². The van der Waals surface area contributed by atoms with Gasteiger partial charge in [-0.1, -0.05) is 23.7 Å². The molecule has 0 atom stereocenters. The zero-order valence-electron chi connectivity index (χ0n) is 13.6. The van der Waals surface area contributed by atoms with Crippen molar-refractivity contribution in [1.82, 2.24) is 15.3 Å². The molecule has 1 amide bonds. The predicted octanol–water partition coefficient (Wildman–Crippen LogP) is 2.55. The molecule has 1 aromatic heterocycles. The van der Waals surface area contributed by atoms with Crippen LogP contribution in [0.1, 0.15) is 22.5 Å². The van der Waals surface area contributed by atoms with Crippen LogP contribution in [0.15, 0.2) is 36.7 Å². The number of hydrogen-bond donors (Lipinski definition) is 2. The molecule has 2 N–H and O–H groups in total. The topological polar surface area (TPSA) is 76.1 Å². The summed E-state index contributed by atoms with van der Waals surface area (Å²) >= 11 is 5.94. The van der Waals surface area contributed by atoms with E-state index in [-0.39, 0.29) is 5.91 Å². The first-order valence-corrected chi connectivity index (χ1v) is 8.14. The second-order valence-electron chi connectivity index (χ2n) is 5.20. The Bertz CT molecular complexity index is 667. The average Bonchev–Trinajstić information content (AvgIpc) is 2.59. The van der Waals surface area contributed by atoms with Crippen LogP contribution in [0.3, 0.4) is 0 Å². The number of carbonyl (C=O) groups excluding carboxylic acids is 1. The number of ether oxygens (including phenoxy) is 1. The summed E-state index contributed by atoms with van der Waals surface area (Å²) in [6.07, 6.45) is 2.95. The van der Waals surface area contributed by atoms with Gasteiger partial charge in [0, 0.05) is 37.9 Å². The van der Waals surface area contributed by atoms with Crippen LogP contribution in [0, 0.1) is 0 Å². The molecule has 2 aromatic rings. The molecule has 24 heavy (non-hydrogen) atoms. The van der Waals surface area contributed by atoms with Crippen LogP contribution in [-0.2, 0) is 11.2 Å². The Kier molecular flexibility index (Phi) is 7.45. The van der Waals surface area contributed by atoms with E-state index in [4.69, 9.17) is 16.3 Å². The Hall–Kier alpha value is -2.18. The molecule has 0 saturated heterocycles. The van der Waals surface area contributed by atoms with Gasteiger partial charge in [-0.2, -0.15) is 0 Å². The van der Waals surface area contributed by atoms with Gasteiger partial charge in [0.25, 0.3) is 5.91 Å². The molecule has 0 aliphatic rings. The van der Waals surface area contributed by atoms with Gasteiger partial charge in [0.15, 0.2) is 0 Å². The monoisotopic (exact) mass is 348 g/mol. The number of hydrogen-bond acceptors (Lipinski definition) is 5. The smallest absolute Gasteiger partial charge is 0.270 e. The highest BCUT2D eigenvalue weighted by atomic mass is 35.5. The molecule has 0 spiro atoms. The summed E-state index contributed by atoms with van der Waals surface area (Å²) in [7, 11) is 1.66. The van der Waals surface area contributed by atoms with Crippen LogP contribution in [0.4, 0.5) is 5.82 Å². The van der Waals surface area contributed by atoms with Crippen molar-refractivity contribution in [2.24, 2.45) is 0 Å². The lowest BCUT2D eigenvalue weighted by Gasteiger charge is -2.08. The maximum Gasteiger partial charge on any atom is 0.270 e. The van der Waals surface area contributed by atoms with E-state index in [2.05, 4.69) is 20.6 Å². The van der Waals surface area contributed by atoms with Gasteiger partial charge in [0.2, 0.25) is 0 Å². The fourth-order valence-electron chi connectivity index (χ4n) is 2.11. The SMILES string of the molecule is COCCCNc1cc(C(=O)NCCc2cccc(Cl)c2)ncn1. The summed E-state index contributed by atoms with van der Waals surface area (Å²) < 4.78 is 4.98. The predicted molar refractivity (Wildman–Crippen MR) is 94.5 cm³/mol. The van der Waals surface area contributed by atoms with Crippen molar-refractivity contribution in [2.45, 2.75) is 12.8 Å². The van der Waals surface area contributed by atoms with Gasteiger partial charge >= 0.3 is 0 Å². The minimum absolute atomic E-state index is 0.223. The van der Waals surface area contributed by atoms with Gasteiger partial charge < -0.3 is 15.4 Å². The summed E-state index contributed by atoms with van der Waals surface area (Å²) in [5, 5.41) is 6.68. The van der Waals surface area contributed by atoms with Crippen molar-refractivity contribution in [3.63, 3.8) is 0 Å². The Balaban J connectivity index is 1.81. The summed E-state index contributed by atoms with van der Waals surface area (Å²) in [6.45, 7) is 1.91. The van der Waals surface area contributed by atoms with E-state index >= 15 is 0 Å². The highest BCUT2D eigenvalue weighted by Gasteiger charge is 2.08. The van der Waals surface area contributed by atoms with Crippen molar-refractivity contribution >= 4 is 23.3 Å². The largest absolute Gasteiger partial charge is 0.385 e. The lowest BCUT2D eigenvalue weighted by Crippen LogP contribution is -2.26. The standard InChI is InChI=1S/C17H21ClN4O2/c1-24-9-3-7-19-16-11-15(21-12-22-16)17(23)20-8-6-13-4-2-5-14(18)10-13/h2,4-5,10-12H,3,6-9H2,1H3,(H,20,23)(H,19,21,22). The molecule has 1 heterocycles. The highest BCUT2D eigenvalue weighted by Crippen LogP contribution is 2.10. The lowest BCUT2D eigenvalue weighted by atomic mass is 10.1. The number of amides is 1. The lowest BCUT2D eigenvalue weighted by molar-refractivity contribution is 0.0949. The molecule has 6 nitrogen and oxygen atoms in total. The summed E-state index contributed by atoms with van der Waals surface area (Å²) in [5.41, 5.74) is 1.41. The average molecular weight is 349 g/mol. The van der Waals surface area contributed by atoms with E-state index in [0.717, 1.165) is 18.5 Å². The minimum atomic E-state index is -0.223. The molecule has 0 bridgehead atoms. The number of nitrogens with zero attached hydrogens (tertiary/aromatic N) is 2. The van der Waals surface area contributed by atoms with Crippen LogP contribution in [-0.4, -0.2) is 42.7 Å². The van der Waals surface area contributed by atoms with Crippen LogP contribution in [0.25, 0.3) is 0 Å². The fraction of sp³-hybridized carbons (Fsp3) is 0.353. The molecule has 0 radical (unpaired) electrons. The van der Waals surface area contributed by atoms with Gasteiger partial charge in [-0.05, 0) is 30.5 Å². The van der Waals surface area contributed by atoms with Crippen molar-refractivity contribution in [1.29, 1.82) is 0 Å². The maximum absolute atomic E-state index is 12.2. The first kappa shape index (κ1) is 18.2. The molecule has 1 aromatic carbocycles. The minimum Gasteiger partial charge on any atom is -0.385 e. The van der Waals surface area contributed by atoms with Gasteiger partial charge in [-0.3, -0.25) is 4.79 Å². The number of methoxy groups -OCH3 is 1. The molecule has 0 saturated carbocycles. The van der Waals surface area contributed by atoms with E-state index in [9.17, 15) is 4.79 Å². The highest BCUT2D eigenvalue weighted by molar-refractivity contribution is 6.30. The van der Waals surface area contributed by atoms with Gasteiger partial charge in [0.1, 0.15) is 17.8 Å². The number of benzene rings is 1. The number of rotatable bonds is 9. The van der Waals surface area contributed by atoms with E-state index in [1.54, 1.807) is 13.2 Å². The Labute approximate surface area is 146 Å². The first-order chi connectivity index (χ1) is 11.7. The molecule has 0 unspecified atom stereocenters. The third-order valence-corrected chi connectivity index (χ3v) is 3.55. The first-order valence-electron chi connectivity index (χ1n) is 7.76. The quantitative estimate of drug-likeness (QED) is 0.681. The van der Waals surface area contributed by atoms with Crippen LogP contribution >= 0.6 is 11.6 Å². The van der Waals surface area contributed by atoms with Crippen molar-refractivity contribution in [2.75, 3.05) is 32.1 Å². The van der Waals surface area contributed by atoms with Crippen LogP contribution in [0.2, 0.25) is 5.02 Å². The van der Waals surface area contributed by atoms with E-state index < -0.39 is 0 Å². The molecule has 0 aliphatic heterocycles. The number of carbonyl (C=O) groups is 1.